The van der Waals surface area contributed by atoms with Crippen molar-refractivity contribution >= 4 is 5.91 Å². The van der Waals surface area contributed by atoms with Gasteiger partial charge in [0.25, 0.3) is 0 Å². The second kappa shape index (κ2) is 7.28. The Kier molecular flexibility index (Phi) is 5.40. The van der Waals surface area contributed by atoms with E-state index in [0.717, 1.165) is 18.5 Å². The van der Waals surface area contributed by atoms with Crippen LogP contribution in [0.15, 0.2) is 29.8 Å². The number of aryl methyl sites for hydroxylation is 2. The monoisotopic (exact) mass is 271 g/mol. The van der Waals surface area contributed by atoms with Gasteiger partial charge in [0.1, 0.15) is 0 Å². The standard InChI is InChI=1S/C18H25NO/c1-14-8-9-17(12-15(14)2)13-18(20)19-11-10-16-6-4-3-5-7-16/h6,8-9,12H,3-5,7,10-11,13H2,1-2H3,(H,19,20). The van der Waals surface area contributed by atoms with Gasteiger partial charge in [0, 0.05) is 6.54 Å². The van der Waals surface area contributed by atoms with Crippen LogP contribution in [0.4, 0.5) is 0 Å². The molecule has 1 aliphatic carbocycles. The SMILES string of the molecule is Cc1ccc(CC(=O)NCCC2=CCCCC2)cc1C. The van der Waals surface area contributed by atoms with E-state index in [1.165, 1.54) is 42.4 Å². The van der Waals surface area contributed by atoms with E-state index in [2.05, 4.69) is 37.4 Å². The maximum Gasteiger partial charge on any atom is 0.224 e. The van der Waals surface area contributed by atoms with Crippen LogP contribution in [0.3, 0.4) is 0 Å². The van der Waals surface area contributed by atoms with E-state index < -0.39 is 0 Å². The summed E-state index contributed by atoms with van der Waals surface area (Å²) in [5.74, 6) is 0.129. The molecule has 0 aliphatic heterocycles. The lowest BCUT2D eigenvalue weighted by Gasteiger charge is -2.13. The van der Waals surface area contributed by atoms with Gasteiger partial charge in [-0.05, 0) is 62.6 Å². The van der Waals surface area contributed by atoms with Gasteiger partial charge in [0.05, 0.1) is 6.42 Å². The molecule has 1 aromatic carbocycles. The molecule has 0 aromatic heterocycles. The summed E-state index contributed by atoms with van der Waals surface area (Å²) >= 11 is 0. The summed E-state index contributed by atoms with van der Waals surface area (Å²) < 4.78 is 0. The molecule has 0 saturated heterocycles. The number of allylic oxidation sites excluding steroid dienone is 1. The zero-order valence-corrected chi connectivity index (χ0v) is 12.7. The van der Waals surface area contributed by atoms with Crippen molar-refractivity contribution in [3.63, 3.8) is 0 Å². The van der Waals surface area contributed by atoms with Gasteiger partial charge in [0.2, 0.25) is 5.91 Å². The minimum atomic E-state index is 0.129. The van der Waals surface area contributed by atoms with Crippen molar-refractivity contribution in [1.29, 1.82) is 0 Å². The third-order valence-electron chi connectivity index (χ3n) is 4.09. The molecule has 1 aliphatic rings. The third-order valence-corrected chi connectivity index (χ3v) is 4.09. The molecule has 0 spiro atoms. The predicted molar refractivity (Wildman–Crippen MR) is 83.8 cm³/mol. The number of hydrogen-bond acceptors (Lipinski definition) is 1. The topological polar surface area (TPSA) is 29.1 Å². The van der Waals surface area contributed by atoms with Crippen molar-refractivity contribution in [1.82, 2.24) is 5.32 Å². The molecule has 0 fully saturated rings. The number of rotatable bonds is 5. The number of nitrogens with one attached hydrogen (secondary N) is 1. The van der Waals surface area contributed by atoms with Crippen LogP contribution in [0.1, 0.15) is 48.8 Å². The molecule has 20 heavy (non-hydrogen) atoms. The quantitative estimate of drug-likeness (QED) is 0.810. The van der Waals surface area contributed by atoms with Gasteiger partial charge >= 0.3 is 0 Å². The summed E-state index contributed by atoms with van der Waals surface area (Å²) in [7, 11) is 0. The maximum absolute atomic E-state index is 11.9. The number of amides is 1. The molecule has 2 nitrogen and oxygen atoms in total. The van der Waals surface area contributed by atoms with Crippen molar-refractivity contribution in [2.75, 3.05) is 6.54 Å². The van der Waals surface area contributed by atoms with Crippen molar-refractivity contribution < 1.29 is 4.79 Å². The number of carbonyl (C=O) groups is 1. The summed E-state index contributed by atoms with van der Waals surface area (Å²) in [4.78, 5) is 11.9. The summed E-state index contributed by atoms with van der Waals surface area (Å²) in [5.41, 5.74) is 5.14. The highest BCUT2D eigenvalue weighted by molar-refractivity contribution is 5.78. The lowest BCUT2D eigenvalue weighted by atomic mass is 9.97. The second-order valence-electron chi connectivity index (χ2n) is 5.80. The highest BCUT2D eigenvalue weighted by Crippen LogP contribution is 2.19. The Morgan fingerprint density at radius 1 is 1.20 bits per heavy atom. The van der Waals surface area contributed by atoms with Crippen LogP contribution < -0.4 is 5.32 Å². The Morgan fingerprint density at radius 3 is 2.75 bits per heavy atom. The van der Waals surface area contributed by atoms with E-state index in [9.17, 15) is 4.79 Å². The normalized spacial score (nSPS) is 14.8. The lowest BCUT2D eigenvalue weighted by molar-refractivity contribution is -0.120. The van der Waals surface area contributed by atoms with E-state index in [1.807, 2.05) is 6.07 Å². The van der Waals surface area contributed by atoms with E-state index in [0.29, 0.717) is 6.42 Å². The van der Waals surface area contributed by atoms with E-state index in [1.54, 1.807) is 0 Å². The first-order valence-corrected chi connectivity index (χ1v) is 7.66. The van der Waals surface area contributed by atoms with Crippen LogP contribution in [0.25, 0.3) is 0 Å². The molecule has 0 bridgehead atoms. The molecule has 0 heterocycles. The molecule has 0 unspecified atom stereocenters. The molecule has 0 atom stereocenters. The van der Waals surface area contributed by atoms with Gasteiger partial charge in [-0.3, -0.25) is 4.79 Å². The first kappa shape index (κ1) is 14.8. The predicted octanol–water partition coefficient (Wildman–Crippen LogP) is 3.85. The molecular weight excluding hydrogens is 246 g/mol. The Bertz CT molecular complexity index is 502. The van der Waals surface area contributed by atoms with Gasteiger partial charge in [-0.2, -0.15) is 0 Å². The van der Waals surface area contributed by atoms with Crippen LogP contribution in [-0.2, 0) is 11.2 Å². The second-order valence-corrected chi connectivity index (χ2v) is 5.80. The fraction of sp³-hybridized carbons (Fsp3) is 0.500. The van der Waals surface area contributed by atoms with Crippen LogP contribution in [0.5, 0.6) is 0 Å². The van der Waals surface area contributed by atoms with E-state index in [4.69, 9.17) is 0 Å². The molecule has 1 amide bonds. The fourth-order valence-corrected chi connectivity index (χ4v) is 2.66. The molecule has 2 rings (SSSR count). The van der Waals surface area contributed by atoms with Crippen LogP contribution in [0.2, 0.25) is 0 Å². The number of carbonyl (C=O) groups excluding carboxylic acids is 1. The Labute approximate surface area is 122 Å². The summed E-state index contributed by atoms with van der Waals surface area (Å²) in [6.45, 7) is 4.96. The van der Waals surface area contributed by atoms with Crippen molar-refractivity contribution in [3.05, 3.63) is 46.5 Å². The maximum atomic E-state index is 11.9. The van der Waals surface area contributed by atoms with Gasteiger partial charge in [0.15, 0.2) is 0 Å². The van der Waals surface area contributed by atoms with Crippen LogP contribution in [0, 0.1) is 13.8 Å². The third kappa shape index (κ3) is 4.52. The minimum absolute atomic E-state index is 0.129. The number of hydrogen-bond donors (Lipinski definition) is 1. The Morgan fingerprint density at radius 2 is 2.05 bits per heavy atom. The smallest absolute Gasteiger partial charge is 0.224 e. The van der Waals surface area contributed by atoms with Gasteiger partial charge in [-0.1, -0.05) is 29.8 Å². The molecule has 1 aromatic rings. The summed E-state index contributed by atoms with van der Waals surface area (Å²) in [5, 5.41) is 3.03. The number of benzene rings is 1. The first-order valence-electron chi connectivity index (χ1n) is 7.66. The van der Waals surface area contributed by atoms with E-state index in [-0.39, 0.29) is 5.91 Å². The minimum Gasteiger partial charge on any atom is -0.355 e. The van der Waals surface area contributed by atoms with Crippen molar-refractivity contribution in [2.45, 2.75) is 52.4 Å². The Hall–Kier alpha value is -1.57. The molecule has 0 radical (unpaired) electrons. The largest absolute Gasteiger partial charge is 0.355 e. The van der Waals surface area contributed by atoms with Crippen LogP contribution >= 0.6 is 0 Å². The molecule has 1 N–H and O–H groups in total. The average Bonchev–Trinajstić information content (AvgIpc) is 2.44. The average molecular weight is 271 g/mol. The van der Waals surface area contributed by atoms with Crippen LogP contribution in [-0.4, -0.2) is 12.5 Å². The van der Waals surface area contributed by atoms with Gasteiger partial charge in [-0.25, -0.2) is 0 Å². The highest BCUT2D eigenvalue weighted by atomic mass is 16.1. The molecular formula is C18H25NO. The van der Waals surface area contributed by atoms with Crippen molar-refractivity contribution in [2.24, 2.45) is 0 Å². The van der Waals surface area contributed by atoms with E-state index >= 15 is 0 Å². The first-order chi connectivity index (χ1) is 9.65. The lowest BCUT2D eigenvalue weighted by Crippen LogP contribution is -2.26. The molecule has 2 heteroatoms. The highest BCUT2D eigenvalue weighted by Gasteiger charge is 2.06. The van der Waals surface area contributed by atoms with Gasteiger partial charge < -0.3 is 5.32 Å². The Balaban J connectivity index is 1.74. The zero-order valence-electron chi connectivity index (χ0n) is 12.7. The van der Waals surface area contributed by atoms with Gasteiger partial charge in [-0.15, -0.1) is 0 Å². The summed E-state index contributed by atoms with van der Waals surface area (Å²) in [6, 6.07) is 6.24. The zero-order chi connectivity index (χ0) is 14.4. The summed E-state index contributed by atoms with van der Waals surface area (Å²) in [6.07, 6.45) is 8.90. The fourth-order valence-electron chi connectivity index (χ4n) is 2.66. The van der Waals surface area contributed by atoms with Crippen molar-refractivity contribution in [3.8, 4) is 0 Å². The molecule has 108 valence electrons. The molecule has 0 saturated carbocycles.